The first kappa shape index (κ1) is 21.6. The van der Waals surface area contributed by atoms with Crippen LogP contribution in [0, 0.1) is 0 Å². The van der Waals surface area contributed by atoms with Crippen LogP contribution in [-0.4, -0.2) is 36.6 Å². The zero-order valence-electron chi connectivity index (χ0n) is 19.3. The molecule has 3 aromatic carbocycles. The second-order valence-corrected chi connectivity index (χ2v) is 8.51. The van der Waals surface area contributed by atoms with Crippen molar-refractivity contribution in [1.29, 1.82) is 0 Å². The van der Waals surface area contributed by atoms with E-state index in [1.807, 2.05) is 36.4 Å². The quantitative estimate of drug-likeness (QED) is 0.370. The van der Waals surface area contributed by atoms with Crippen LogP contribution in [-0.2, 0) is 13.1 Å². The van der Waals surface area contributed by atoms with E-state index in [0.29, 0.717) is 27.6 Å². The zero-order valence-corrected chi connectivity index (χ0v) is 19.3. The first-order valence-electron chi connectivity index (χ1n) is 11.4. The molecule has 0 aliphatic carbocycles. The van der Waals surface area contributed by atoms with Crippen molar-refractivity contribution >= 4 is 33.4 Å². The minimum Gasteiger partial charge on any atom is -0.497 e. The lowest BCUT2D eigenvalue weighted by Crippen LogP contribution is -2.27. The minimum atomic E-state index is -0.492. The second kappa shape index (κ2) is 8.38. The molecule has 6 aromatic rings. The average molecular weight is 479 g/mol. The third-order valence-corrected chi connectivity index (χ3v) is 6.35. The minimum absolute atomic E-state index is 0.181. The molecule has 0 unspecified atom stereocenters. The number of carbonyl (C=O) groups is 1. The largest absolute Gasteiger partial charge is 0.497 e. The summed E-state index contributed by atoms with van der Waals surface area (Å²) in [5.74, 6) is 0.514. The van der Waals surface area contributed by atoms with Gasteiger partial charge in [-0.25, -0.2) is 13.9 Å². The van der Waals surface area contributed by atoms with Crippen LogP contribution in [0.15, 0.2) is 88.6 Å². The topological polar surface area (TPSA) is 103 Å². The van der Waals surface area contributed by atoms with Crippen LogP contribution in [0.4, 0.5) is 0 Å². The number of carbonyl (C=O) groups excluding carboxylic acids is 1. The van der Waals surface area contributed by atoms with Crippen molar-refractivity contribution in [1.82, 2.24) is 23.7 Å². The van der Waals surface area contributed by atoms with E-state index in [1.165, 1.54) is 8.97 Å². The Morgan fingerprint density at radius 1 is 0.972 bits per heavy atom. The van der Waals surface area contributed by atoms with E-state index in [4.69, 9.17) is 4.74 Å². The number of nitrogens with one attached hydrogen (secondary N) is 1. The number of aromatic nitrogens is 5. The average Bonchev–Trinajstić information content (AvgIpc) is 3.48. The van der Waals surface area contributed by atoms with Gasteiger partial charge in [-0.2, -0.15) is 0 Å². The standard InChI is InChI=1S/C27H21N5O4/c1-36-18-11-12-22-20(13-18)21(14-28-22)24(33)16-31-27(35)32-23-10-6-5-9-19(23)25(34)30(26(32)29-31)15-17-7-3-2-4-8-17/h2-14,28H,15-16H2,1H3. The molecule has 178 valence electrons. The number of ketones is 1. The van der Waals surface area contributed by atoms with Gasteiger partial charge in [-0.3, -0.25) is 14.2 Å². The number of benzene rings is 3. The molecule has 0 spiro atoms. The Bertz CT molecular complexity index is 1890. The predicted molar refractivity (Wildman–Crippen MR) is 136 cm³/mol. The van der Waals surface area contributed by atoms with E-state index < -0.39 is 5.69 Å². The predicted octanol–water partition coefficient (Wildman–Crippen LogP) is 3.23. The molecule has 0 saturated carbocycles. The fraction of sp³-hybridized carbons (Fsp3) is 0.111. The molecule has 0 aliphatic heterocycles. The third kappa shape index (κ3) is 3.40. The van der Waals surface area contributed by atoms with Gasteiger partial charge in [-0.05, 0) is 35.9 Å². The Hall–Kier alpha value is -4.92. The number of methoxy groups -OCH3 is 1. The molecule has 0 bridgehead atoms. The van der Waals surface area contributed by atoms with Gasteiger partial charge < -0.3 is 9.72 Å². The lowest BCUT2D eigenvalue weighted by atomic mass is 10.1. The van der Waals surface area contributed by atoms with Gasteiger partial charge >= 0.3 is 5.69 Å². The first-order chi connectivity index (χ1) is 17.5. The summed E-state index contributed by atoms with van der Waals surface area (Å²) in [4.78, 5) is 43.3. The zero-order chi connectivity index (χ0) is 24.8. The van der Waals surface area contributed by atoms with Gasteiger partial charge in [0.15, 0.2) is 5.78 Å². The summed E-state index contributed by atoms with van der Waals surface area (Å²) < 4.78 is 9.27. The van der Waals surface area contributed by atoms with Crippen LogP contribution in [0.25, 0.3) is 27.6 Å². The van der Waals surface area contributed by atoms with Crippen molar-refractivity contribution in [3.8, 4) is 5.75 Å². The van der Waals surface area contributed by atoms with Gasteiger partial charge in [0.25, 0.3) is 5.56 Å². The Morgan fingerprint density at radius 3 is 2.56 bits per heavy atom. The molecular weight excluding hydrogens is 458 g/mol. The van der Waals surface area contributed by atoms with Gasteiger partial charge in [0, 0.05) is 22.7 Å². The smallest absolute Gasteiger partial charge is 0.352 e. The molecule has 3 aromatic heterocycles. The lowest BCUT2D eigenvalue weighted by molar-refractivity contribution is 0.0968. The number of nitrogens with zero attached hydrogens (tertiary/aromatic N) is 4. The SMILES string of the molecule is COc1ccc2[nH]cc(C(=O)Cn3nc4n(Cc5ccccc5)c(=O)c5ccccc5n4c3=O)c2c1. The Morgan fingerprint density at radius 2 is 1.75 bits per heavy atom. The number of fused-ring (bicyclic) bond motifs is 4. The molecule has 0 fully saturated rings. The van der Waals surface area contributed by atoms with Crippen molar-refractivity contribution in [2.24, 2.45) is 0 Å². The maximum atomic E-state index is 13.5. The highest BCUT2D eigenvalue weighted by molar-refractivity contribution is 6.08. The first-order valence-corrected chi connectivity index (χ1v) is 11.4. The van der Waals surface area contributed by atoms with Crippen molar-refractivity contribution in [2.75, 3.05) is 7.11 Å². The number of para-hydroxylation sites is 1. The van der Waals surface area contributed by atoms with Gasteiger partial charge in [0.2, 0.25) is 5.78 Å². The molecule has 36 heavy (non-hydrogen) atoms. The van der Waals surface area contributed by atoms with Crippen LogP contribution in [0.3, 0.4) is 0 Å². The number of aromatic amines is 1. The van der Waals surface area contributed by atoms with Crippen molar-refractivity contribution in [3.05, 3.63) is 111 Å². The monoisotopic (exact) mass is 479 g/mol. The number of Topliss-reactive ketones (excluding diaryl/α,β-unsaturated/α-hetero) is 1. The highest BCUT2D eigenvalue weighted by atomic mass is 16.5. The van der Waals surface area contributed by atoms with E-state index in [2.05, 4.69) is 10.1 Å². The fourth-order valence-electron chi connectivity index (χ4n) is 4.56. The summed E-state index contributed by atoms with van der Waals surface area (Å²) in [7, 11) is 1.56. The summed E-state index contributed by atoms with van der Waals surface area (Å²) in [5, 5.41) is 5.55. The second-order valence-electron chi connectivity index (χ2n) is 8.51. The van der Waals surface area contributed by atoms with Crippen LogP contribution >= 0.6 is 0 Å². The third-order valence-electron chi connectivity index (χ3n) is 6.35. The highest BCUT2D eigenvalue weighted by Crippen LogP contribution is 2.24. The molecule has 3 heterocycles. The van der Waals surface area contributed by atoms with Gasteiger partial charge in [-0.15, -0.1) is 5.10 Å². The molecule has 9 nitrogen and oxygen atoms in total. The van der Waals surface area contributed by atoms with Crippen LogP contribution < -0.4 is 16.0 Å². The summed E-state index contributed by atoms with van der Waals surface area (Å²) >= 11 is 0. The molecular formula is C27H21N5O4. The molecule has 0 aliphatic rings. The maximum Gasteiger partial charge on any atom is 0.352 e. The molecule has 0 radical (unpaired) electrons. The summed E-state index contributed by atoms with van der Waals surface area (Å²) in [6.07, 6.45) is 1.62. The van der Waals surface area contributed by atoms with Crippen molar-refractivity contribution in [2.45, 2.75) is 13.1 Å². The number of hydrogen-bond acceptors (Lipinski definition) is 5. The summed E-state index contributed by atoms with van der Waals surface area (Å²) in [6.45, 7) is -0.0425. The molecule has 0 amide bonds. The molecule has 0 atom stereocenters. The van der Waals surface area contributed by atoms with E-state index >= 15 is 0 Å². The summed E-state index contributed by atoms with van der Waals surface area (Å²) in [5.41, 5.74) is 1.80. The lowest BCUT2D eigenvalue weighted by Gasteiger charge is -2.09. The Balaban J connectivity index is 1.50. The number of hydrogen-bond donors (Lipinski definition) is 1. The van der Waals surface area contributed by atoms with Gasteiger partial charge in [0.05, 0.1) is 24.6 Å². The van der Waals surface area contributed by atoms with Crippen LogP contribution in [0.2, 0.25) is 0 Å². The highest BCUT2D eigenvalue weighted by Gasteiger charge is 2.20. The van der Waals surface area contributed by atoms with Crippen molar-refractivity contribution in [3.63, 3.8) is 0 Å². The maximum absolute atomic E-state index is 13.5. The van der Waals surface area contributed by atoms with Crippen LogP contribution in [0.1, 0.15) is 15.9 Å². The molecule has 9 heteroatoms. The molecule has 6 rings (SSSR count). The van der Waals surface area contributed by atoms with Crippen molar-refractivity contribution < 1.29 is 9.53 Å². The van der Waals surface area contributed by atoms with Crippen LogP contribution in [0.5, 0.6) is 5.75 Å². The van der Waals surface area contributed by atoms with E-state index in [1.54, 1.807) is 49.7 Å². The Kier molecular flexibility index (Phi) is 5.03. The van der Waals surface area contributed by atoms with Gasteiger partial charge in [-0.1, -0.05) is 42.5 Å². The van der Waals surface area contributed by atoms with E-state index in [9.17, 15) is 14.4 Å². The van der Waals surface area contributed by atoms with Gasteiger partial charge in [0.1, 0.15) is 12.3 Å². The number of H-pyrrole nitrogens is 1. The molecule has 0 saturated heterocycles. The molecule has 1 N–H and O–H groups in total. The normalized spacial score (nSPS) is 11.5. The number of ether oxygens (including phenoxy) is 1. The fourth-order valence-corrected chi connectivity index (χ4v) is 4.56. The van der Waals surface area contributed by atoms with E-state index in [-0.39, 0.29) is 30.2 Å². The summed E-state index contributed by atoms with van der Waals surface area (Å²) in [6, 6.07) is 21.8. The Labute approximate surface area is 203 Å². The van der Waals surface area contributed by atoms with E-state index in [0.717, 1.165) is 15.8 Å². The number of rotatable bonds is 6.